The van der Waals surface area contributed by atoms with E-state index < -0.39 is 5.54 Å². The number of nitrogens with zero attached hydrogens (tertiary/aromatic N) is 3. The summed E-state index contributed by atoms with van der Waals surface area (Å²) in [6.07, 6.45) is 7.61. The summed E-state index contributed by atoms with van der Waals surface area (Å²) in [5.41, 5.74) is 1.81. The Kier molecular flexibility index (Phi) is 4.35. The summed E-state index contributed by atoms with van der Waals surface area (Å²) in [5, 5.41) is 0.627. The molecule has 1 aromatic heterocycles. The van der Waals surface area contributed by atoms with E-state index in [1.54, 1.807) is 29.4 Å². The fourth-order valence-electron chi connectivity index (χ4n) is 3.81. The van der Waals surface area contributed by atoms with Crippen LogP contribution in [0.25, 0.3) is 0 Å². The molecular weight excluding hydrogens is 362 g/mol. The van der Waals surface area contributed by atoms with Crippen LogP contribution in [-0.4, -0.2) is 35.0 Å². The number of fused-ring (bicyclic) bond motifs is 1. The molecule has 0 N–H and O–H groups in total. The molecule has 0 saturated carbocycles. The first-order valence-corrected chi connectivity index (χ1v) is 9.41. The summed E-state index contributed by atoms with van der Waals surface area (Å²) in [7, 11) is 0. The van der Waals surface area contributed by atoms with E-state index in [4.69, 9.17) is 16.3 Å². The smallest absolute Gasteiger partial charge is 0.259 e. The maximum atomic E-state index is 13.0. The van der Waals surface area contributed by atoms with E-state index in [-0.39, 0.29) is 12.0 Å². The Morgan fingerprint density at radius 3 is 2.78 bits per heavy atom. The predicted octanol–water partition coefficient (Wildman–Crippen LogP) is 4.23. The van der Waals surface area contributed by atoms with Gasteiger partial charge in [0.25, 0.3) is 5.91 Å². The van der Waals surface area contributed by atoms with Crippen LogP contribution in [0.5, 0.6) is 5.75 Å². The molecule has 0 radical (unpaired) electrons. The molecule has 140 valence electrons. The van der Waals surface area contributed by atoms with Crippen molar-refractivity contribution < 1.29 is 9.53 Å². The number of aromatic nitrogens is 1. The topological polar surface area (TPSA) is 45.7 Å². The van der Waals surface area contributed by atoms with Gasteiger partial charge in [-0.05, 0) is 50.7 Å². The molecule has 0 aliphatic carbocycles. The van der Waals surface area contributed by atoms with Crippen molar-refractivity contribution in [2.24, 2.45) is 0 Å². The van der Waals surface area contributed by atoms with Gasteiger partial charge in [-0.2, -0.15) is 0 Å². The largest absolute Gasteiger partial charge is 0.485 e. The van der Waals surface area contributed by atoms with Crippen molar-refractivity contribution in [2.75, 3.05) is 18.0 Å². The Morgan fingerprint density at radius 2 is 2.04 bits per heavy atom. The quantitative estimate of drug-likeness (QED) is 0.792. The van der Waals surface area contributed by atoms with Gasteiger partial charge in [0.05, 0.1) is 36.7 Å². The van der Waals surface area contributed by atoms with E-state index in [1.165, 1.54) is 0 Å². The highest BCUT2D eigenvalue weighted by atomic mass is 35.5. The standard InChI is InChI=1S/C21H22ClN3O2/c1-4-7-24-12-17(13-24)27-16-9-15(10-23-11-16)25-20(26)18-6-5-14(22)8-19(18)21(25,2)3/h4-11,17H,12-13H2,1-3H3. The zero-order chi connectivity index (χ0) is 19.2. The second-order valence-electron chi connectivity index (χ2n) is 7.44. The lowest BCUT2D eigenvalue weighted by molar-refractivity contribution is 0.0530. The number of rotatable bonds is 4. The van der Waals surface area contributed by atoms with Gasteiger partial charge in [0.15, 0.2) is 0 Å². The Hall–Kier alpha value is -2.53. The fraction of sp³-hybridized carbons (Fsp3) is 0.333. The molecule has 6 heteroatoms. The summed E-state index contributed by atoms with van der Waals surface area (Å²) in [6.45, 7) is 7.74. The number of pyridine rings is 1. The van der Waals surface area contributed by atoms with E-state index >= 15 is 0 Å². The third-order valence-corrected chi connectivity index (χ3v) is 5.36. The number of ether oxygens (including phenoxy) is 1. The minimum absolute atomic E-state index is 0.0477. The molecule has 2 aliphatic heterocycles. The number of hydrogen-bond donors (Lipinski definition) is 0. The van der Waals surface area contributed by atoms with Crippen LogP contribution in [0.2, 0.25) is 5.02 Å². The fourth-order valence-corrected chi connectivity index (χ4v) is 3.98. The van der Waals surface area contributed by atoms with E-state index in [0.717, 1.165) is 24.3 Å². The van der Waals surface area contributed by atoms with Gasteiger partial charge in [-0.1, -0.05) is 17.7 Å². The van der Waals surface area contributed by atoms with Gasteiger partial charge in [0, 0.05) is 16.7 Å². The third-order valence-electron chi connectivity index (χ3n) is 5.13. The molecule has 0 spiro atoms. The number of anilines is 1. The number of halogens is 1. The minimum Gasteiger partial charge on any atom is -0.485 e. The average molecular weight is 384 g/mol. The molecule has 5 nitrogen and oxygen atoms in total. The molecule has 1 amide bonds. The number of likely N-dealkylation sites (tertiary alicyclic amines) is 1. The highest BCUT2D eigenvalue weighted by Crippen LogP contribution is 2.43. The third kappa shape index (κ3) is 3.06. The van der Waals surface area contributed by atoms with Gasteiger partial charge in [-0.15, -0.1) is 0 Å². The molecule has 4 rings (SSSR count). The molecule has 2 aromatic rings. The first kappa shape index (κ1) is 17.9. The summed E-state index contributed by atoms with van der Waals surface area (Å²) in [5.74, 6) is 0.628. The van der Waals surface area contributed by atoms with E-state index in [0.29, 0.717) is 16.3 Å². The van der Waals surface area contributed by atoms with Crippen molar-refractivity contribution in [1.29, 1.82) is 0 Å². The second kappa shape index (κ2) is 6.57. The molecule has 0 bridgehead atoms. The van der Waals surface area contributed by atoms with Crippen LogP contribution in [0, 0.1) is 0 Å². The molecule has 27 heavy (non-hydrogen) atoms. The number of benzene rings is 1. The van der Waals surface area contributed by atoms with Crippen LogP contribution in [0.4, 0.5) is 5.69 Å². The van der Waals surface area contributed by atoms with Crippen LogP contribution in [0.15, 0.2) is 48.9 Å². The van der Waals surface area contributed by atoms with Crippen molar-refractivity contribution in [3.63, 3.8) is 0 Å². The first-order valence-electron chi connectivity index (χ1n) is 9.03. The van der Waals surface area contributed by atoms with Gasteiger partial charge in [-0.25, -0.2) is 0 Å². The second-order valence-corrected chi connectivity index (χ2v) is 7.88. The van der Waals surface area contributed by atoms with Gasteiger partial charge in [0.2, 0.25) is 0 Å². The molecule has 0 unspecified atom stereocenters. The summed E-state index contributed by atoms with van der Waals surface area (Å²) in [6, 6.07) is 7.30. The molecule has 0 atom stereocenters. The Bertz CT molecular complexity index is 919. The SMILES string of the molecule is CC=CN1CC(Oc2cncc(N3C(=O)c4ccc(Cl)cc4C3(C)C)c2)C1. The number of allylic oxidation sites excluding steroid dienone is 1. The van der Waals surface area contributed by atoms with Crippen LogP contribution in [0.3, 0.4) is 0 Å². The van der Waals surface area contributed by atoms with Crippen LogP contribution < -0.4 is 9.64 Å². The van der Waals surface area contributed by atoms with Crippen molar-refractivity contribution in [1.82, 2.24) is 9.88 Å². The lowest BCUT2D eigenvalue weighted by Gasteiger charge is -2.38. The summed E-state index contributed by atoms with van der Waals surface area (Å²) in [4.78, 5) is 21.3. The normalized spacial score (nSPS) is 18.7. The lowest BCUT2D eigenvalue weighted by Crippen LogP contribution is -2.50. The highest BCUT2D eigenvalue weighted by Gasteiger charge is 2.44. The number of carbonyl (C=O) groups is 1. The molecule has 1 saturated heterocycles. The molecule has 3 heterocycles. The van der Waals surface area contributed by atoms with Gasteiger partial charge in [-0.3, -0.25) is 14.7 Å². The minimum atomic E-state index is -0.517. The van der Waals surface area contributed by atoms with Crippen LogP contribution in [-0.2, 0) is 5.54 Å². The summed E-state index contributed by atoms with van der Waals surface area (Å²) >= 11 is 6.16. The molecular formula is C21H22ClN3O2. The van der Waals surface area contributed by atoms with Crippen LogP contribution >= 0.6 is 11.6 Å². The average Bonchev–Trinajstić information content (AvgIpc) is 2.79. The molecule has 1 fully saturated rings. The van der Waals surface area contributed by atoms with Crippen LogP contribution in [0.1, 0.15) is 36.7 Å². The molecule has 2 aliphatic rings. The monoisotopic (exact) mass is 383 g/mol. The number of hydrogen-bond acceptors (Lipinski definition) is 4. The van der Waals surface area contributed by atoms with Gasteiger partial charge in [0.1, 0.15) is 11.9 Å². The van der Waals surface area contributed by atoms with Gasteiger partial charge >= 0.3 is 0 Å². The Morgan fingerprint density at radius 1 is 1.26 bits per heavy atom. The zero-order valence-electron chi connectivity index (χ0n) is 15.6. The Labute approximate surface area is 164 Å². The number of amides is 1. The van der Waals surface area contributed by atoms with E-state index in [2.05, 4.69) is 16.1 Å². The van der Waals surface area contributed by atoms with Crippen molar-refractivity contribution in [3.05, 3.63) is 65.1 Å². The zero-order valence-corrected chi connectivity index (χ0v) is 16.4. The Balaban J connectivity index is 1.58. The highest BCUT2D eigenvalue weighted by molar-refractivity contribution is 6.31. The van der Waals surface area contributed by atoms with Gasteiger partial charge < -0.3 is 9.64 Å². The predicted molar refractivity (Wildman–Crippen MR) is 106 cm³/mol. The lowest BCUT2D eigenvalue weighted by atomic mass is 9.93. The maximum Gasteiger partial charge on any atom is 0.259 e. The van der Waals surface area contributed by atoms with Crippen molar-refractivity contribution >= 4 is 23.2 Å². The van der Waals surface area contributed by atoms with E-state index in [1.807, 2.05) is 39.0 Å². The van der Waals surface area contributed by atoms with Crippen molar-refractivity contribution in [3.8, 4) is 5.75 Å². The molecule has 1 aromatic carbocycles. The number of carbonyl (C=O) groups excluding carboxylic acids is 1. The first-order chi connectivity index (χ1) is 12.9. The van der Waals surface area contributed by atoms with E-state index in [9.17, 15) is 4.79 Å². The van der Waals surface area contributed by atoms with Crippen molar-refractivity contribution in [2.45, 2.75) is 32.4 Å². The maximum absolute atomic E-state index is 13.0. The summed E-state index contributed by atoms with van der Waals surface area (Å²) < 4.78 is 6.03.